The zero-order valence-corrected chi connectivity index (χ0v) is 11.1. The van der Waals surface area contributed by atoms with Gasteiger partial charge >= 0.3 is 0 Å². The maximum Gasteiger partial charge on any atom is 0.0390 e. The monoisotopic (exact) mass is 298 g/mol. The second-order valence-corrected chi connectivity index (χ2v) is 4.92. The lowest BCUT2D eigenvalue weighted by Gasteiger charge is -2.07. The van der Waals surface area contributed by atoms with Crippen molar-refractivity contribution in [1.29, 1.82) is 0 Å². The summed E-state index contributed by atoms with van der Waals surface area (Å²) in [5.74, 6) is 0. The summed E-state index contributed by atoms with van der Waals surface area (Å²) in [7, 11) is 0. The molecule has 0 radical (unpaired) electrons. The van der Waals surface area contributed by atoms with Crippen molar-refractivity contribution in [3.05, 3.63) is 20.8 Å². The van der Waals surface area contributed by atoms with E-state index in [4.69, 9.17) is 11.5 Å². The van der Waals surface area contributed by atoms with Gasteiger partial charge in [-0.15, -0.1) is 23.7 Å². The van der Waals surface area contributed by atoms with E-state index in [1.54, 1.807) is 11.3 Å². The molecule has 0 aliphatic heterocycles. The summed E-state index contributed by atoms with van der Waals surface area (Å²) in [6.45, 7) is 0.765. The lowest BCUT2D eigenvalue weighted by Crippen LogP contribution is -2.09. The quantitative estimate of drug-likeness (QED) is 0.821. The summed E-state index contributed by atoms with van der Waals surface area (Å²) < 4.78 is 1.13. The van der Waals surface area contributed by atoms with E-state index in [9.17, 15) is 0 Å². The molecule has 0 saturated carbocycles. The summed E-state index contributed by atoms with van der Waals surface area (Å²) in [5.41, 5.74) is 11.4. The standard InChI is InChI=1S/C9H15BrN2S.ClH/c10-7-5-9(13-6-7)8(12)3-1-2-4-11;/h5-6,8H,1-4,11-12H2;1H/t8-;/m0./s1. The maximum atomic E-state index is 6.00. The number of hydrogen-bond donors (Lipinski definition) is 2. The van der Waals surface area contributed by atoms with Crippen LogP contribution in [0.15, 0.2) is 15.9 Å². The second-order valence-electron chi connectivity index (χ2n) is 3.06. The molecule has 1 atom stereocenters. The third-order valence-corrected chi connectivity index (χ3v) is 3.75. The molecular weight excluding hydrogens is 284 g/mol. The molecule has 0 amide bonds. The van der Waals surface area contributed by atoms with Crippen LogP contribution in [0.2, 0.25) is 0 Å². The SMILES string of the molecule is Cl.NCCCC[C@H](N)c1cc(Br)cs1. The van der Waals surface area contributed by atoms with E-state index in [2.05, 4.69) is 27.4 Å². The first-order chi connectivity index (χ1) is 6.24. The van der Waals surface area contributed by atoms with Gasteiger partial charge in [-0.25, -0.2) is 0 Å². The van der Waals surface area contributed by atoms with Gasteiger partial charge in [0.1, 0.15) is 0 Å². The first-order valence-electron chi connectivity index (χ1n) is 4.43. The molecule has 14 heavy (non-hydrogen) atoms. The third-order valence-electron chi connectivity index (χ3n) is 1.92. The van der Waals surface area contributed by atoms with Crippen LogP contribution in [0.4, 0.5) is 0 Å². The van der Waals surface area contributed by atoms with Crippen LogP contribution in [-0.2, 0) is 0 Å². The smallest absolute Gasteiger partial charge is 0.0390 e. The van der Waals surface area contributed by atoms with Crippen molar-refractivity contribution in [3.8, 4) is 0 Å². The first-order valence-corrected chi connectivity index (χ1v) is 6.11. The highest BCUT2D eigenvalue weighted by atomic mass is 79.9. The molecule has 0 aromatic carbocycles. The molecule has 0 spiro atoms. The molecular formula is C9H16BrClN2S. The number of rotatable bonds is 5. The van der Waals surface area contributed by atoms with Crippen LogP contribution in [0, 0.1) is 0 Å². The molecule has 0 bridgehead atoms. The van der Waals surface area contributed by atoms with E-state index >= 15 is 0 Å². The Hall–Kier alpha value is 0.390. The van der Waals surface area contributed by atoms with Crippen molar-refractivity contribution < 1.29 is 0 Å². The Morgan fingerprint density at radius 3 is 2.64 bits per heavy atom. The van der Waals surface area contributed by atoms with Crippen LogP contribution in [0.1, 0.15) is 30.2 Å². The van der Waals surface area contributed by atoms with Crippen molar-refractivity contribution in [1.82, 2.24) is 0 Å². The molecule has 0 saturated heterocycles. The molecule has 0 aliphatic carbocycles. The zero-order valence-electron chi connectivity index (χ0n) is 7.91. The molecule has 4 N–H and O–H groups in total. The Morgan fingerprint density at radius 1 is 1.43 bits per heavy atom. The molecule has 0 unspecified atom stereocenters. The Morgan fingerprint density at radius 2 is 2.14 bits per heavy atom. The number of unbranched alkanes of at least 4 members (excludes halogenated alkanes) is 1. The minimum atomic E-state index is 0. The predicted molar refractivity (Wildman–Crippen MR) is 69.1 cm³/mol. The lowest BCUT2D eigenvalue weighted by molar-refractivity contribution is 0.598. The summed E-state index contributed by atoms with van der Waals surface area (Å²) >= 11 is 5.13. The highest BCUT2D eigenvalue weighted by Gasteiger charge is 2.07. The minimum Gasteiger partial charge on any atom is -0.330 e. The molecule has 1 rings (SSSR count). The van der Waals surface area contributed by atoms with Crippen molar-refractivity contribution in [2.24, 2.45) is 11.5 Å². The minimum absolute atomic E-state index is 0. The topological polar surface area (TPSA) is 52.0 Å². The van der Waals surface area contributed by atoms with Crippen molar-refractivity contribution in [2.45, 2.75) is 25.3 Å². The average Bonchev–Trinajstić information content (AvgIpc) is 2.52. The molecule has 82 valence electrons. The summed E-state index contributed by atoms with van der Waals surface area (Å²) in [4.78, 5) is 1.25. The maximum absolute atomic E-state index is 6.00. The molecule has 0 aliphatic rings. The number of halogens is 2. The van der Waals surface area contributed by atoms with Crippen LogP contribution < -0.4 is 11.5 Å². The van der Waals surface area contributed by atoms with Crippen LogP contribution in [0.3, 0.4) is 0 Å². The normalized spacial score (nSPS) is 12.2. The molecule has 1 heterocycles. The third kappa shape index (κ3) is 4.75. The summed E-state index contributed by atoms with van der Waals surface area (Å²) in [5, 5.41) is 2.07. The fourth-order valence-corrected chi connectivity index (χ4v) is 2.66. The highest BCUT2D eigenvalue weighted by molar-refractivity contribution is 9.10. The van der Waals surface area contributed by atoms with Gasteiger partial charge in [0, 0.05) is 20.8 Å². The van der Waals surface area contributed by atoms with Crippen molar-refractivity contribution in [3.63, 3.8) is 0 Å². The van der Waals surface area contributed by atoms with Crippen LogP contribution in [0.5, 0.6) is 0 Å². The molecule has 2 nitrogen and oxygen atoms in total. The van der Waals surface area contributed by atoms with Gasteiger partial charge in [-0.1, -0.05) is 6.42 Å². The van der Waals surface area contributed by atoms with E-state index in [0.717, 1.165) is 30.3 Å². The van der Waals surface area contributed by atoms with Gasteiger partial charge in [0.05, 0.1) is 0 Å². The van der Waals surface area contributed by atoms with Gasteiger partial charge in [0.2, 0.25) is 0 Å². The van der Waals surface area contributed by atoms with Gasteiger partial charge in [0.25, 0.3) is 0 Å². The number of thiophene rings is 1. The highest BCUT2D eigenvalue weighted by Crippen LogP contribution is 2.26. The van der Waals surface area contributed by atoms with Crippen molar-refractivity contribution in [2.75, 3.05) is 6.54 Å². The van der Waals surface area contributed by atoms with Gasteiger partial charge in [0.15, 0.2) is 0 Å². The lowest BCUT2D eigenvalue weighted by atomic mass is 10.1. The molecule has 1 aromatic rings. The number of hydrogen-bond acceptors (Lipinski definition) is 3. The first kappa shape index (κ1) is 14.4. The molecule has 0 fully saturated rings. The fourth-order valence-electron chi connectivity index (χ4n) is 1.17. The van der Waals surface area contributed by atoms with Crippen LogP contribution >= 0.6 is 39.7 Å². The molecule has 5 heteroatoms. The second kappa shape index (κ2) is 7.65. The van der Waals surface area contributed by atoms with E-state index in [-0.39, 0.29) is 18.4 Å². The predicted octanol–water partition coefficient (Wildman–Crippen LogP) is 3.06. The largest absolute Gasteiger partial charge is 0.330 e. The Labute approximate surface area is 104 Å². The van der Waals surface area contributed by atoms with Crippen LogP contribution in [0.25, 0.3) is 0 Å². The molecule has 1 aromatic heterocycles. The summed E-state index contributed by atoms with van der Waals surface area (Å²) in [6, 6.07) is 2.28. The van der Waals surface area contributed by atoms with Gasteiger partial charge in [-0.05, 0) is 41.4 Å². The Balaban J connectivity index is 0.00000169. The van der Waals surface area contributed by atoms with Gasteiger partial charge < -0.3 is 11.5 Å². The fraction of sp³-hybridized carbons (Fsp3) is 0.556. The van der Waals surface area contributed by atoms with Crippen molar-refractivity contribution >= 4 is 39.7 Å². The Kier molecular flexibility index (Phi) is 7.86. The number of nitrogens with two attached hydrogens (primary N) is 2. The average molecular weight is 300 g/mol. The Bertz CT molecular complexity index is 255. The van der Waals surface area contributed by atoms with E-state index in [0.29, 0.717) is 0 Å². The summed E-state index contributed by atoms with van der Waals surface area (Å²) in [6.07, 6.45) is 3.22. The van der Waals surface area contributed by atoms with Crippen LogP contribution in [-0.4, -0.2) is 6.54 Å². The van der Waals surface area contributed by atoms with E-state index in [1.807, 2.05) is 0 Å². The van der Waals surface area contributed by atoms with E-state index < -0.39 is 0 Å². The van der Waals surface area contributed by atoms with E-state index in [1.165, 1.54) is 4.88 Å². The van der Waals surface area contributed by atoms with Gasteiger partial charge in [-0.2, -0.15) is 0 Å². The zero-order chi connectivity index (χ0) is 9.68. The van der Waals surface area contributed by atoms with Gasteiger partial charge in [-0.3, -0.25) is 0 Å².